The summed E-state index contributed by atoms with van der Waals surface area (Å²) in [5.41, 5.74) is 5.54. The van der Waals surface area contributed by atoms with Crippen LogP contribution in [-0.2, 0) is 12.8 Å². The predicted octanol–water partition coefficient (Wildman–Crippen LogP) is 3.44. The van der Waals surface area contributed by atoms with Crippen LogP contribution in [-0.4, -0.2) is 4.57 Å². The van der Waals surface area contributed by atoms with Gasteiger partial charge < -0.3 is 4.57 Å². The first-order chi connectivity index (χ1) is 7.84. The van der Waals surface area contributed by atoms with Crippen molar-refractivity contribution in [3.05, 3.63) is 65.5 Å². The van der Waals surface area contributed by atoms with Crippen LogP contribution < -0.4 is 0 Å². The lowest BCUT2D eigenvalue weighted by atomic mass is 10.0. The van der Waals surface area contributed by atoms with E-state index in [0.29, 0.717) is 0 Å². The van der Waals surface area contributed by atoms with E-state index < -0.39 is 0 Å². The Bertz CT molecular complexity index is 521. The topological polar surface area (TPSA) is 4.93 Å². The lowest BCUT2D eigenvalue weighted by Crippen LogP contribution is -1.92. The summed E-state index contributed by atoms with van der Waals surface area (Å²) in [4.78, 5) is 0. The highest BCUT2D eigenvalue weighted by molar-refractivity contribution is 5.44. The van der Waals surface area contributed by atoms with Crippen LogP contribution in [0.4, 0.5) is 0 Å². The fraction of sp³-hybridized carbons (Fsp3) is 0.200. The molecule has 0 saturated heterocycles. The maximum absolute atomic E-state index is 2.27. The maximum Gasteiger partial charge on any atom is 0.0478 e. The molecular formula is C15H15N. The average Bonchev–Trinajstić information content (AvgIpc) is 2.73. The van der Waals surface area contributed by atoms with Crippen LogP contribution in [0.25, 0.3) is 5.69 Å². The van der Waals surface area contributed by atoms with Crippen LogP contribution >= 0.6 is 0 Å². The van der Waals surface area contributed by atoms with Crippen molar-refractivity contribution in [1.82, 2.24) is 4.57 Å². The molecule has 0 spiro atoms. The predicted molar refractivity (Wildman–Crippen MR) is 67.1 cm³/mol. The highest BCUT2D eigenvalue weighted by Gasteiger charge is 2.09. The van der Waals surface area contributed by atoms with Gasteiger partial charge >= 0.3 is 0 Å². The molecule has 80 valence electrons. The number of rotatable bonds is 1. The number of aromatic nitrogens is 1. The molecule has 2 aromatic rings. The zero-order chi connectivity index (χ0) is 11.0. The Labute approximate surface area is 96.0 Å². The van der Waals surface area contributed by atoms with Gasteiger partial charge in [0.1, 0.15) is 0 Å². The van der Waals surface area contributed by atoms with Gasteiger partial charge in [-0.05, 0) is 42.5 Å². The minimum Gasteiger partial charge on any atom is -0.323 e. The molecule has 1 aromatic heterocycles. The van der Waals surface area contributed by atoms with Gasteiger partial charge in [-0.1, -0.05) is 30.4 Å². The molecule has 1 heterocycles. The van der Waals surface area contributed by atoms with Crippen LogP contribution in [0, 0.1) is 6.92 Å². The molecule has 3 rings (SSSR count). The third kappa shape index (κ3) is 1.49. The van der Waals surface area contributed by atoms with E-state index in [4.69, 9.17) is 0 Å². The molecule has 0 amide bonds. The van der Waals surface area contributed by atoms with Gasteiger partial charge in [-0.2, -0.15) is 0 Å². The van der Waals surface area contributed by atoms with Gasteiger partial charge in [-0.25, -0.2) is 0 Å². The Kier molecular flexibility index (Phi) is 2.17. The van der Waals surface area contributed by atoms with Crippen molar-refractivity contribution >= 4 is 0 Å². The Hall–Kier alpha value is -1.76. The number of para-hydroxylation sites is 1. The molecule has 0 atom stereocenters. The fourth-order valence-electron chi connectivity index (χ4n) is 2.32. The number of hydrogen-bond donors (Lipinski definition) is 0. The molecule has 0 fully saturated rings. The van der Waals surface area contributed by atoms with Crippen LogP contribution in [0.3, 0.4) is 0 Å². The van der Waals surface area contributed by atoms with Crippen LogP contribution in [0.1, 0.15) is 16.7 Å². The smallest absolute Gasteiger partial charge is 0.0478 e. The van der Waals surface area contributed by atoms with Crippen molar-refractivity contribution in [3.63, 3.8) is 0 Å². The first-order valence-corrected chi connectivity index (χ1v) is 5.75. The summed E-state index contributed by atoms with van der Waals surface area (Å²) in [7, 11) is 0. The SMILES string of the molecule is Cc1ccccc1-n1cc2c(c1)CC=CC2. The number of benzene rings is 1. The number of aryl methyl sites for hydroxylation is 1. The van der Waals surface area contributed by atoms with E-state index >= 15 is 0 Å². The van der Waals surface area contributed by atoms with Gasteiger partial charge in [-0.15, -0.1) is 0 Å². The van der Waals surface area contributed by atoms with Gasteiger partial charge in [0, 0.05) is 18.1 Å². The van der Waals surface area contributed by atoms with Crippen molar-refractivity contribution in [2.45, 2.75) is 19.8 Å². The molecule has 0 radical (unpaired) electrons. The van der Waals surface area contributed by atoms with Crippen LogP contribution in [0.15, 0.2) is 48.8 Å². The standard InChI is InChI=1S/C15H15N/c1-12-6-2-5-9-15(12)16-10-13-7-3-4-8-14(13)11-16/h2-6,9-11H,7-8H2,1H3. The van der Waals surface area contributed by atoms with E-state index in [1.54, 1.807) is 0 Å². The zero-order valence-corrected chi connectivity index (χ0v) is 9.48. The quantitative estimate of drug-likeness (QED) is 0.634. The van der Waals surface area contributed by atoms with E-state index in [9.17, 15) is 0 Å². The molecule has 1 aliphatic carbocycles. The van der Waals surface area contributed by atoms with E-state index in [2.05, 4.69) is 60.3 Å². The highest BCUT2D eigenvalue weighted by atomic mass is 15.0. The summed E-state index contributed by atoms with van der Waals surface area (Å²) >= 11 is 0. The summed E-state index contributed by atoms with van der Waals surface area (Å²) in [5.74, 6) is 0. The lowest BCUT2D eigenvalue weighted by Gasteiger charge is -2.05. The molecule has 0 saturated carbocycles. The largest absolute Gasteiger partial charge is 0.323 e. The Morgan fingerprint density at radius 3 is 2.19 bits per heavy atom. The van der Waals surface area contributed by atoms with Crippen LogP contribution in [0.5, 0.6) is 0 Å². The summed E-state index contributed by atoms with van der Waals surface area (Å²) < 4.78 is 2.26. The number of allylic oxidation sites excluding steroid dienone is 2. The molecule has 0 unspecified atom stereocenters. The first-order valence-electron chi connectivity index (χ1n) is 5.75. The average molecular weight is 209 g/mol. The fourth-order valence-corrected chi connectivity index (χ4v) is 2.32. The summed E-state index contributed by atoms with van der Waals surface area (Å²) in [6, 6.07) is 8.52. The van der Waals surface area contributed by atoms with Crippen molar-refractivity contribution in [3.8, 4) is 5.69 Å². The van der Waals surface area contributed by atoms with E-state index in [-0.39, 0.29) is 0 Å². The Morgan fingerprint density at radius 1 is 0.938 bits per heavy atom. The third-order valence-electron chi connectivity index (χ3n) is 3.24. The third-order valence-corrected chi connectivity index (χ3v) is 3.24. The van der Waals surface area contributed by atoms with Gasteiger partial charge in [0.15, 0.2) is 0 Å². The van der Waals surface area contributed by atoms with Crippen molar-refractivity contribution in [1.29, 1.82) is 0 Å². The van der Waals surface area contributed by atoms with Gasteiger partial charge in [0.25, 0.3) is 0 Å². The molecule has 0 bridgehead atoms. The molecule has 1 nitrogen and oxygen atoms in total. The van der Waals surface area contributed by atoms with E-state index in [1.807, 2.05) is 0 Å². The second-order valence-electron chi connectivity index (χ2n) is 4.38. The normalized spacial score (nSPS) is 13.8. The molecule has 1 heteroatoms. The minimum atomic E-state index is 1.08. The van der Waals surface area contributed by atoms with E-state index in [0.717, 1.165) is 12.8 Å². The summed E-state index contributed by atoms with van der Waals surface area (Å²) in [5, 5.41) is 0. The second kappa shape index (κ2) is 3.67. The Morgan fingerprint density at radius 2 is 1.56 bits per heavy atom. The second-order valence-corrected chi connectivity index (χ2v) is 4.38. The first kappa shape index (κ1) is 9.46. The molecule has 0 N–H and O–H groups in total. The molecule has 1 aliphatic rings. The molecule has 1 aromatic carbocycles. The summed E-state index contributed by atoms with van der Waals surface area (Å²) in [6.07, 6.45) is 11.2. The van der Waals surface area contributed by atoms with Gasteiger partial charge in [0.2, 0.25) is 0 Å². The number of fused-ring (bicyclic) bond motifs is 1. The number of nitrogens with zero attached hydrogens (tertiary/aromatic N) is 1. The monoisotopic (exact) mass is 209 g/mol. The Balaban J connectivity index is 2.08. The highest BCUT2D eigenvalue weighted by Crippen LogP contribution is 2.22. The lowest BCUT2D eigenvalue weighted by molar-refractivity contribution is 1.05. The molecule has 0 aliphatic heterocycles. The van der Waals surface area contributed by atoms with Crippen molar-refractivity contribution in [2.75, 3.05) is 0 Å². The van der Waals surface area contributed by atoms with Gasteiger partial charge in [-0.3, -0.25) is 0 Å². The molecule has 16 heavy (non-hydrogen) atoms. The van der Waals surface area contributed by atoms with E-state index in [1.165, 1.54) is 22.4 Å². The molecular weight excluding hydrogens is 194 g/mol. The maximum atomic E-state index is 2.27. The summed E-state index contributed by atoms with van der Waals surface area (Å²) in [6.45, 7) is 2.16. The number of hydrogen-bond acceptors (Lipinski definition) is 0. The van der Waals surface area contributed by atoms with Gasteiger partial charge in [0.05, 0.1) is 0 Å². The van der Waals surface area contributed by atoms with Crippen LogP contribution in [0.2, 0.25) is 0 Å². The minimum absolute atomic E-state index is 1.08. The van der Waals surface area contributed by atoms with Crippen molar-refractivity contribution in [2.24, 2.45) is 0 Å². The van der Waals surface area contributed by atoms with Crippen molar-refractivity contribution < 1.29 is 0 Å². The zero-order valence-electron chi connectivity index (χ0n) is 9.48.